The molecule has 7 nitrogen and oxygen atoms in total. The molecule has 0 saturated heterocycles. The highest BCUT2D eigenvalue weighted by Gasteiger charge is 2.31. The van der Waals surface area contributed by atoms with Gasteiger partial charge in [-0.25, -0.2) is 9.38 Å². The van der Waals surface area contributed by atoms with Crippen LogP contribution in [0.4, 0.5) is 4.39 Å². The van der Waals surface area contributed by atoms with E-state index >= 15 is 4.39 Å². The van der Waals surface area contributed by atoms with Gasteiger partial charge in [-0.05, 0) is 73.7 Å². The van der Waals surface area contributed by atoms with E-state index in [1.165, 1.54) is 17.8 Å². The highest BCUT2D eigenvalue weighted by atomic mass is 19.1. The summed E-state index contributed by atoms with van der Waals surface area (Å²) < 4.78 is 15.5. The monoisotopic (exact) mass is 591 g/mol. The number of carbonyl (C=O) groups is 2. The lowest BCUT2D eigenvalue weighted by Crippen LogP contribution is -2.43. The van der Waals surface area contributed by atoms with Crippen molar-refractivity contribution >= 4 is 23.1 Å². The number of hydrogen-bond acceptors (Lipinski definition) is 5. The molecular formula is C36H38FN5O2. The van der Waals surface area contributed by atoms with E-state index < -0.39 is 5.82 Å². The normalized spacial score (nSPS) is 17.1. The maximum atomic E-state index is 15.5. The van der Waals surface area contributed by atoms with Crippen molar-refractivity contribution in [2.24, 2.45) is 4.99 Å². The van der Waals surface area contributed by atoms with Gasteiger partial charge in [-0.1, -0.05) is 49.9 Å². The number of aliphatic imine (C=N–C) groups is 1. The lowest BCUT2D eigenvalue weighted by atomic mass is 9.93. The molecule has 0 radical (unpaired) electrons. The van der Waals surface area contributed by atoms with Gasteiger partial charge in [0.1, 0.15) is 17.3 Å². The van der Waals surface area contributed by atoms with Crippen LogP contribution in [0.25, 0.3) is 16.8 Å². The van der Waals surface area contributed by atoms with E-state index in [4.69, 9.17) is 4.99 Å². The summed E-state index contributed by atoms with van der Waals surface area (Å²) in [6.07, 6.45) is 6.56. The summed E-state index contributed by atoms with van der Waals surface area (Å²) in [4.78, 5) is 40.7. The van der Waals surface area contributed by atoms with Gasteiger partial charge in [0.05, 0.1) is 17.3 Å². The van der Waals surface area contributed by atoms with Crippen molar-refractivity contribution in [1.82, 2.24) is 19.7 Å². The summed E-state index contributed by atoms with van der Waals surface area (Å²) in [6, 6.07) is 16.4. The molecular weight excluding hydrogens is 553 g/mol. The summed E-state index contributed by atoms with van der Waals surface area (Å²) in [6.45, 7) is 11.3. The molecule has 2 aliphatic rings. The molecule has 1 aromatic heterocycles. The fourth-order valence-corrected chi connectivity index (χ4v) is 5.63. The van der Waals surface area contributed by atoms with E-state index in [-0.39, 0.29) is 17.9 Å². The molecule has 2 aliphatic heterocycles. The average molecular weight is 592 g/mol. The highest BCUT2D eigenvalue weighted by molar-refractivity contribution is 6.43. The number of carbonyl (C=O) groups excluding carboxylic acids is 2. The predicted octanol–water partition coefficient (Wildman–Crippen LogP) is 6.66. The van der Waals surface area contributed by atoms with Crippen LogP contribution in [0.15, 0.2) is 96.0 Å². The smallest absolute Gasteiger partial charge is 0.273 e. The van der Waals surface area contributed by atoms with Crippen LogP contribution in [0.1, 0.15) is 60.3 Å². The summed E-state index contributed by atoms with van der Waals surface area (Å²) in [7, 11) is 3.62. The number of hydrogen-bond donors (Lipinski definition) is 0. The quantitative estimate of drug-likeness (QED) is 0.308. The largest absolute Gasteiger partial charge is 0.342 e. The molecule has 44 heavy (non-hydrogen) atoms. The second-order valence-corrected chi connectivity index (χ2v) is 11.1. The Kier molecular flexibility index (Phi) is 8.90. The van der Waals surface area contributed by atoms with Crippen molar-refractivity contribution in [1.29, 1.82) is 0 Å². The zero-order valence-corrected chi connectivity index (χ0v) is 26.0. The van der Waals surface area contributed by atoms with E-state index in [9.17, 15) is 9.59 Å². The van der Waals surface area contributed by atoms with Crippen molar-refractivity contribution in [2.75, 3.05) is 27.2 Å². The van der Waals surface area contributed by atoms with Gasteiger partial charge in [-0.2, -0.15) is 0 Å². The Labute approximate surface area is 258 Å². The van der Waals surface area contributed by atoms with E-state index in [2.05, 4.69) is 30.6 Å². The summed E-state index contributed by atoms with van der Waals surface area (Å²) in [5.74, 6) is -0.179. The molecule has 0 spiro atoms. The van der Waals surface area contributed by atoms with Crippen LogP contribution in [0.3, 0.4) is 0 Å². The van der Waals surface area contributed by atoms with Crippen molar-refractivity contribution in [3.05, 3.63) is 119 Å². The minimum absolute atomic E-state index is 0.0628. The van der Waals surface area contributed by atoms with Gasteiger partial charge in [0.2, 0.25) is 0 Å². The number of pyridine rings is 1. The highest BCUT2D eigenvalue weighted by Crippen LogP contribution is 2.32. The van der Waals surface area contributed by atoms with Gasteiger partial charge in [0.25, 0.3) is 11.8 Å². The number of rotatable bonds is 7. The molecule has 2 amide bonds. The first-order valence-corrected chi connectivity index (χ1v) is 15.0. The van der Waals surface area contributed by atoms with Crippen molar-refractivity contribution in [3.63, 3.8) is 0 Å². The molecule has 5 rings (SSSR count). The number of allylic oxidation sites excluding steroid dienone is 3. The van der Waals surface area contributed by atoms with Crippen LogP contribution in [0.2, 0.25) is 0 Å². The van der Waals surface area contributed by atoms with Gasteiger partial charge >= 0.3 is 0 Å². The minimum Gasteiger partial charge on any atom is -0.342 e. The average Bonchev–Trinajstić information content (AvgIpc) is 3.04. The molecule has 8 heteroatoms. The Morgan fingerprint density at radius 1 is 1.14 bits per heavy atom. The molecule has 1 atom stereocenters. The Balaban J connectivity index is 1.38. The third-order valence-electron chi connectivity index (χ3n) is 8.50. The lowest BCUT2D eigenvalue weighted by molar-refractivity contribution is -0.126. The minimum atomic E-state index is -0.456. The number of fused-ring (bicyclic) bond motifs is 1. The van der Waals surface area contributed by atoms with Crippen LogP contribution in [0, 0.1) is 5.82 Å². The first kappa shape index (κ1) is 30.6. The van der Waals surface area contributed by atoms with Crippen LogP contribution in [0.5, 0.6) is 0 Å². The molecule has 226 valence electrons. The second-order valence-electron chi connectivity index (χ2n) is 11.1. The summed E-state index contributed by atoms with van der Waals surface area (Å²) in [5, 5.41) is 0. The number of benzene rings is 2. The number of halogens is 1. The Bertz CT molecular complexity index is 1710. The van der Waals surface area contributed by atoms with E-state index in [1.807, 2.05) is 48.9 Å². The predicted molar refractivity (Wildman–Crippen MR) is 173 cm³/mol. The fraction of sp³-hybridized carbons (Fsp3) is 0.278. The number of aromatic nitrogens is 1. The van der Waals surface area contributed by atoms with Crippen molar-refractivity contribution in [3.8, 4) is 11.3 Å². The first-order valence-electron chi connectivity index (χ1n) is 15.0. The summed E-state index contributed by atoms with van der Waals surface area (Å²) >= 11 is 0. The number of nitrogens with zero attached hydrogens (tertiary/aromatic N) is 5. The third-order valence-corrected chi connectivity index (χ3v) is 8.50. The Morgan fingerprint density at radius 2 is 1.91 bits per heavy atom. The molecule has 0 N–H and O–H groups in total. The van der Waals surface area contributed by atoms with Crippen molar-refractivity contribution < 1.29 is 14.0 Å². The zero-order chi connectivity index (χ0) is 31.5. The van der Waals surface area contributed by atoms with Gasteiger partial charge in [0, 0.05) is 50.2 Å². The molecule has 2 aromatic carbocycles. The van der Waals surface area contributed by atoms with Crippen LogP contribution < -0.4 is 0 Å². The van der Waals surface area contributed by atoms with Crippen LogP contribution >= 0.6 is 0 Å². The van der Waals surface area contributed by atoms with E-state index in [0.717, 1.165) is 17.7 Å². The maximum Gasteiger partial charge on any atom is 0.273 e. The first-order chi connectivity index (χ1) is 21.1. The molecule has 3 aromatic rings. The SMILES string of the molecule is C=C(/C=C1/N=C(C(=O)N2CCc3ccccc3C2C)C=C(CC)N1C)c1ccc(-c2ccc(C(=O)N(C)CC)cn2)cc1F. The molecule has 0 bridgehead atoms. The van der Waals surface area contributed by atoms with E-state index in [0.29, 0.717) is 59.0 Å². The molecule has 0 fully saturated rings. The van der Waals surface area contributed by atoms with Crippen LogP contribution in [-0.2, 0) is 11.2 Å². The lowest BCUT2D eigenvalue weighted by Gasteiger charge is -2.36. The fourth-order valence-electron chi connectivity index (χ4n) is 5.63. The maximum absolute atomic E-state index is 15.5. The standard InChI is InChI=1S/C36H38FN5O2/c1-7-28-21-33(36(44)42-18-17-25-11-9-10-12-30(25)24(42)4)39-34(41(28)6)19-23(3)29-15-13-26(20-31(29)37)32-16-14-27(22-38-32)35(43)40(5)8-2/h9-16,19-22,24H,3,7-8,17-18H2,1-2,4-6H3/b34-19-. The number of amides is 2. The van der Waals surface area contributed by atoms with Gasteiger partial charge in [-0.15, -0.1) is 0 Å². The van der Waals surface area contributed by atoms with E-state index in [1.54, 1.807) is 42.3 Å². The second kappa shape index (κ2) is 12.8. The molecule has 0 aliphatic carbocycles. The Morgan fingerprint density at radius 3 is 2.59 bits per heavy atom. The zero-order valence-electron chi connectivity index (χ0n) is 26.0. The summed E-state index contributed by atoms with van der Waals surface area (Å²) in [5.41, 5.74) is 6.10. The molecule has 3 heterocycles. The van der Waals surface area contributed by atoms with Gasteiger partial charge in [0.15, 0.2) is 0 Å². The topological polar surface area (TPSA) is 69.1 Å². The third kappa shape index (κ3) is 5.97. The van der Waals surface area contributed by atoms with Gasteiger partial charge in [-0.3, -0.25) is 14.6 Å². The Hall–Kier alpha value is -4.85. The molecule has 0 saturated carbocycles. The van der Waals surface area contributed by atoms with Crippen molar-refractivity contribution in [2.45, 2.75) is 39.7 Å². The van der Waals surface area contributed by atoms with Gasteiger partial charge < -0.3 is 14.7 Å². The molecule has 1 unspecified atom stereocenters. The van der Waals surface area contributed by atoms with Crippen LogP contribution in [-0.4, -0.2) is 64.4 Å².